The average molecular weight is 336 g/mol. The predicted molar refractivity (Wildman–Crippen MR) is 95.5 cm³/mol. The first-order chi connectivity index (χ1) is 12.2. The first-order valence-corrected chi connectivity index (χ1v) is 7.89. The molecule has 0 aliphatic rings. The van der Waals surface area contributed by atoms with Gasteiger partial charge in [-0.15, -0.1) is 0 Å². The van der Waals surface area contributed by atoms with Crippen molar-refractivity contribution in [2.24, 2.45) is 0 Å². The van der Waals surface area contributed by atoms with Crippen molar-refractivity contribution in [1.29, 1.82) is 0 Å². The highest BCUT2D eigenvalue weighted by molar-refractivity contribution is 6.03. The minimum Gasteiger partial charge on any atom is -0.340 e. The Morgan fingerprint density at radius 1 is 1.08 bits per heavy atom. The van der Waals surface area contributed by atoms with Crippen molar-refractivity contribution in [2.45, 2.75) is 13.3 Å². The number of anilines is 3. The van der Waals surface area contributed by atoms with Gasteiger partial charge in [0, 0.05) is 17.4 Å². The highest BCUT2D eigenvalue weighted by Crippen LogP contribution is 2.20. The van der Waals surface area contributed by atoms with Crippen LogP contribution in [0.1, 0.15) is 23.0 Å². The lowest BCUT2D eigenvalue weighted by atomic mass is 10.1. The van der Waals surface area contributed by atoms with E-state index in [9.17, 15) is 9.18 Å². The molecule has 0 radical (unpaired) electrons. The van der Waals surface area contributed by atoms with Crippen LogP contribution in [-0.4, -0.2) is 15.9 Å². The van der Waals surface area contributed by atoms with E-state index in [0.717, 1.165) is 17.7 Å². The molecule has 0 bridgehead atoms. The van der Waals surface area contributed by atoms with E-state index in [1.165, 1.54) is 24.5 Å². The van der Waals surface area contributed by atoms with Gasteiger partial charge in [-0.25, -0.2) is 14.4 Å². The number of halogens is 1. The number of benzene rings is 2. The van der Waals surface area contributed by atoms with Gasteiger partial charge in [-0.05, 0) is 36.2 Å². The third kappa shape index (κ3) is 4.17. The van der Waals surface area contributed by atoms with Crippen molar-refractivity contribution >= 4 is 23.1 Å². The lowest BCUT2D eigenvalue weighted by molar-refractivity contribution is 0.102. The number of nitrogens with zero attached hydrogens (tertiary/aromatic N) is 2. The number of carbonyl (C=O) groups is 1. The zero-order valence-electron chi connectivity index (χ0n) is 13.7. The van der Waals surface area contributed by atoms with Crippen LogP contribution in [-0.2, 0) is 6.42 Å². The molecular formula is C19H17FN4O. The number of para-hydroxylation sites is 1. The fourth-order valence-electron chi connectivity index (χ4n) is 2.40. The van der Waals surface area contributed by atoms with Gasteiger partial charge in [0.2, 0.25) is 0 Å². The highest BCUT2D eigenvalue weighted by Gasteiger charge is 2.10. The van der Waals surface area contributed by atoms with Crippen molar-refractivity contribution < 1.29 is 9.18 Å². The van der Waals surface area contributed by atoms with Crippen molar-refractivity contribution in [1.82, 2.24) is 9.97 Å². The molecule has 2 aromatic carbocycles. The molecule has 1 heterocycles. The number of carbonyl (C=O) groups excluding carboxylic acids is 1. The zero-order valence-corrected chi connectivity index (χ0v) is 13.7. The largest absolute Gasteiger partial charge is 0.340 e. The molecule has 6 heteroatoms. The molecule has 0 saturated heterocycles. The molecular weight excluding hydrogens is 319 g/mol. The summed E-state index contributed by atoms with van der Waals surface area (Å²) < 4.78 is 13.2. The Labute approximate surface area is 145 Å². The van der Waals surface area contributed by atoms with Crippen molar-refractivity contribution in [2.75, 3.05) is 10.6 Å². The van der Waals surface area contributed by atoms with E-state index in [1.54, 1.807) is 12.1 Å². The van der Waals surface area contributed by atoms with Gasteiger partial charge in [0.15, 0.2) is 0 Å². The number of hydrogen-bond donors (Lipinski definition) is 2. The first kappa shape index (κ1) is 16.6. The Balaban J connectivity index is 1.78. The van der Waals surface area contributed by atoms with Gasteiger partial charge in [0.05, 0.1) is 0 Å². The molecule has 5 nitrogen and oxygen atoms in total. The Kier molecular flexibility index (Phi) is 4.99. The molecule has 0 aliphatic heterocycles. The zero-order chi connectivity index (χ0) is 17.6. The van der Waals surface area contributed by atoms with Gasteiger partial charge < -0.3 is 10.6 Å². The van der Waals surface area contributed by atoms with Gasteiger partial charge in [0.25, 0.3) is 5.91 Å². The number of aromatic nitrogens is 2. The third-order valence-electron chi connectivity index (χ3n) is 3.64. The molecule has 3 aromatic rings. The maximum atomic E-state index is 13.2. The molecule has 126 valence electrons. The van der Waals surface area contributed by atoms with Crippen LogP contribution < -0.4 is 10.6 Å². The Morgan fingerprint density at radius 2 is 1.92 bits per heavy atom. The second-order valence-corrected chi connectivity index (χ2v) is 5.39. The summed E-state index contributed by atoms with van der Waals surface area (Å²) in [5, 5.41) is 5.82. The summed E-state index contributed by atoms with van der Waals surface area (Å²) >= 11 is 0. The Hall–Kier alpha value is -3.28. The standard InChI is InChI=1S/C19H17FN4O/c1-2-13-6-3-4-9-16(13)24-18-11-17(21-12-22-18)19(25)23-15-8-5-7-14(20)10-15/h3-12H,2H2,1H3,(H,23,25)(H,21,22,24). The smallest absolute Gasteiger partial charge is 0.274 e. The first-order valence-electron chi connectivity index (χ1n) is 7.89. The topological polar surface area (TPSA) is 66.9 Å². The molecule has 0 atom stereocenters. The van der Waals surface area contributed by atoms with Gasteiger partial charge >= 0.3 is 0 Å². The average Bonchev–Trinajstić information content (AvgIpc) is 2.62. The summed E-state index contributed by atoms with van der Waals surface area (Å²) in [4.78, 5) is 20.4. The lowest BCUT2D eigenvalue weighted by Crippen LogP contribution is -2.14. The molecule has 0 saturated carbocycles. The normalized spacial score (nSPS) is 10.3. The molecule has 1 amide bonds. The van der Waals surface area contributed by atoms with Crippen molar-refractivity contribution in [3.05, 3.63) is 78.0 Å². The number of amides is 1. The van der Waals surface area contributed by atoms with Crippen LogP contribution in [0.4, 0.5) is 21.6 Å². The van der Waals surface area contributed by atoms with E-state index in [-0.39, 0.29) is 5.69 Å². The molecule has 0 spiro atoms. The third-order valence-corrected chi connectivity index (χ3v) is 3.64. The Morgan fingerprint density at radius 3 is 2.72 bits per heavy atom. The summed E-state index contributed by atoms with van der Waals surface area (Å²) in [6.07, 6.45) is 2.19. The number of nitrogens with one attached hydrogen (secondary N) is 2. The summed E-state index contributed by atoms with van der Waals surface area (Å²) in [5.41, 5.74) is 2.64. The number of rotatable bonds is 5. The Bertz CT molecular complexity index is 898. The number of hydrogen-bond acceptors (Lipinski definition) is 4. The van der Waals surface area contributed by atoms with E-state index in [4.69, 9.17) is 0 Å². The minimum atomic E-state index is -0.431. The quantitative estimate of drug-likeness (QED) is 0.734. The maximum Gasteiger partial charge on any atom is 0.274 e. The summed E-state index contributed by atoms with van der Waals surface area (Å²) in [7, 11) is 0. The maximum absolute atomic E-state index is 13.2. The molecule has 0 unspecified atom stereocenters. The minimum absolute atomic E-state index is 0.191. The summed E-state index contributed by atoms with van der Waals surface area (Å²) in [6, 6.07) is 15.1. The van der Waals surface area contributed by atoms with E-state index < -0.39 is 11.7 Å². The molecule has 3 rings (SSSR count). The van der Waals surface area contributed by atoms with Crippen LogP contribution in [0.2, 0.25) is 0 Å². The molecule has 0 fully saturated rings. The summed E-state index contributed by atoms with van der Waals surface area (Å²) in [6.45, 7) is 2.07. The second kappa shape index (κ2) is 7.53. The van der Waals surface area contributed by atoms with Crippen LogP contribution >= 0.6 is 0 Å². The lowest BCUT2D eigenvalue weighted by Gasteiger charge is -2.11. The van der Waals surface area contributed by atoms with Gasteiger partial charge in [-0.1, -0.05) is 31.2 Å². The SMILES string of the molecule is CCc1ccccc1Nc1cc(C(=O)Nc2cccc(F)c2)ncn1. The van der Waals surface area contributed by atoms with Crippen LogP contribution in [0.3, 0.4) is 0 Å². The van der Waals surface area contributed by atoms with Crippen molar-refractivity contribution in [3.8, 4) is 0 Å². The predicted octanol–water partition coefficient (Wildman–Crippen LogP) is 4.17. The van der Waals surface area contributed by atoms with E-state index >= 15 is 0 Å². The van der Waals surface area contributed by atoms with Crippen molar-refractivity contribution in [3.63, 3.8) is 0 Å². The molecule has 2 N–H and O–H groups in total. The highest BCUT2D eigenvalue weighted by atomic mass is 19.1. The monoisotopic (exact) mass is 336 g/mol. The second-order valence-electron chi connectivity index (χ2n) is 5.39. The van der Waals surface area contributed by atoms with Crippen LogP contribution in [0.5, 0.6) is 0 Å². The van der Waals surface area contributed by atoms with Crippen LogP contribution in [0.25, 0.3) is 0 Å². The molecule has 0 aliphatic carbocycles. The van der Waals surface area contributed by atoms with Gasteiger partial charge in [-0.3, -0.25) is 4.79 Å². The summed E-state index contributed by atoms with van der Waals surface area (Å²) in [5.74, 6) is -0.334. The fourth-order valence-corrected chi connectivity index (χ4v) is 2.40. The van der Waals surface area contributed by atoms with E-state index in [2.05, 4.69) is 27.5 Å². The van der Waals surface area contributed by atoms with E-state index in [0.29, 0.717) is 11.5 Å². The van der Waals surface area contributed by atoms with Crippen LogP contribution in [0, 0.1) is 5.82 Å². The fraction of sp³-hybridized carbons (Fsp3) is 0.105. The number of aryl methyl sites for hydroxylation is 1. The molecule has 1 aromatic heterocycles. The van der Waals surface area contributed by atoms with Crippen LogP contribution in [0.15, 0.2) is 60.9 Å². The molecule has 25 heavy (non-hydrogen) atoms. The van der Waals surface area contributed by atoms with E-state index in [1.807, 2.05) is 24.3 Å². The van der Waals surface area contributed by atoms with Gasteiger partial charge in [0.1, 0.15) is 23.7 Å². The van der Waals surface area contributed by atoms with Gasteiger partial charge in [-0.2, -0.15) is 0 Å².